The van der Waals surface area contributed by atoms with E-state index < -0.39 is 5.91 Å². The number of nitrogens with zero attached hydrogens (tertiary/aromatic N) is 1. The van der Waals surface area contributed by atoms with Crippen molar-refractivity contribution in [1.82, 2.24) is 4.57 Å². The van der Waals surface area contributed by atoms with Crippen LogP contribution in [0, 0.1) is 6.92 Å². The maximum absolute atomic E-state index is 13.0. The molecule has 4 nitrogen and oxygen atoms in total. The Morgan fingerprint density at radius 1 is 1.31 bits per heavy atom. The summed E-state index contributed by atoms with van der Waals surface area (Å²) in [6, 6.07) is 9.26. The molecule has 4 rings (SSSR count). The van der Waals surface area contributed by atoms with Gasteiger partial charge in [0.15, 0.2) is 0 Å². The van der Waals surface area contributed by atoms with Crippen LogP contribution in [0.4, 0.5) is 5.69 Å². The molecule has 1 atom stereocenters. The zero-order valence-electron chi connectivity index (χ0n) is 14.3. The molecule has 1 N–H and O–H groups in total. The van der Waals surface area contributed by atoms with E-state index >= 15 is 0 Å². The normalized spacial score (nSPS) is 15.5. The maximum atomic E-state index is 13.0. The molecule has 0 aliphatic carbocycles. The Balaban J connectivity index is 1.84. The average molecular weight is 432 g/mol. The van der Waals surface area contributed by atoms with Gasteiger partial charge in [-0.25, -0.2) is 0 Å². The van der Waals surface area contributed by atoms with E-state index in [1.54, 1.807) is 30.5 Å². The highest BCUT2D eigenvalue weighted by Crippen LogP contribution is 2.33. The van der Waals surface area contributed by atoms with E-state index in [4.69, 9.17) is 11.6 Å². The van der Waals surface area contributed by atoms with Gasteiger partial charge >= 0.3 is 0 Å². The Morgan fingerprint density at radius 3 is 2.81 bits per heavy atom. The minimum Gasteiger partial charge on any atom is -0.343 e. The van der Waals surface area contributed by atoms with Crippen molar-refractivity contribution in [1.29, 1.82) is 0 Å². The third-order valence-corrected chi connectivity index (χ3v) is 5.53. The molecule has 1 amide bonds. The fraction of sp³-hybridized carbons (Fsp3) is 0.200. The first-order chi connectivity index (χ1) is 12.3. The van der Waals surface area contributed by atoms with Crippen LogP contribution in [-0.2, 0) is 6.42 Å². The SMILES string of the molecule is Cc1cc(Cl)ccc1NC(=O)c1cn2c3c(cc(Br)cc3c1=O)C[C@@H]2C. The molecular formula is C20H16BrClN2O2. The Kier molecular flexibility index (Phi) is 4.16. The topological polar surface area (TPSA) is 51.1 Å². The van der Waals surface area contributed by atoms with E-state index in [2.05, 4.69) is 28.2 Å². The van der Waals surface area contributed by atoms with E-state index in [1.165, 1.54) is 0 Å². The number of nitrogens with one attached hydrogen (secondary N) is 1. The minimum absolute atomic E-state index is 0.143. The summed E-state index contributed by atoms with van der Waals surface area (Å²) in [6.07, 6.45) is 2.52. The highest BCUT2D eigenvalue weighted by atomic mass is 79.9. The summed E-state index contributed by atoms with van der Waals surface area (Å²) >= 11 is 9.44. The van der Waals surface area contributed by atoms with Crippen LogP contribution < -0.4 is 10.7 Å². The molecule has 6 heteroatoms. The van der Waals surface area contributed by atoms with Crippen molar-refractivity contribution in [3.63, 3.8) is 0 Å². The van der Waals surface area contributed by atoms with Crippen molar-refractivity contribution < 1.29 is 4.79 Å². The molecule has 2 heterocycles. The number of carbonyl (C=O) groups is 1. The zero-order valence-corrected chi connectivity index (χ0v) is 16.6. The zero-order chi connectivity index (χ0) is 18.6. The van der Waals surface area contributed by atoms with Gasteiger partial charge in [0.25, 0.3) is 5.91 Å². The van der Waals surface area contributed by atoms with Crippen LogP contribution in [0.1, 0.15) is 34.5 Å². The van der Waals surface area contributed by atoms with Crippen LogP contribution in [-0.4, -0.2) is 10.5 Å². The van der Waals surface area contributed by atoms with Gasteiger partial charge in [0.05, 0.1) is 5.52 Å². The van der Waals surface area contributed by atoms with Crippen molar-refractivity contribution in [2.45, 2.75) is 26.3 Å². The predicted molar refractivity (Wildman–Crippen MR) is 108 cm³/mol. The summed E-state index contributed by atoms with van der Waals surface area (Å²) in [5.41, 5.74) is 3.42. The van der Waals surface area contributed by atoms with Crippen LogP contribution in [0.25, 0.3) is 10.9 Å². The average Bonchev–Trinajstić information content (AvgIpc) is 2.88. The molecule has 1 aliphatic heterocycles. The fourth-order valence-corrected chi connectivity index (χ4v) is 4.31. The number of carbonyl (C=O) groups excluding carboxylic acids is 1. The molecule has 0 radical (unpaired) electrons. The number of anilines is 1. The van der Waals surface area contributed by atoms with Crippen molar-refractivity contribution >= 4 is 50.0 Å². The molecule has 3 aromatic rings. The van der Waals surface area contributed by atoms with Gasteiger partial charge in [-0.3, -0.25) is 9.59 Å². The molecule has 0 fully saturated rings. The quantitative estimate of drug-likeness (QED) is 0.614. The number of hydrogen-bond acceptors (Lipinski definition) is 2. The number of pyridine rings is 1. The van der Waals surface area contributed by atoms with E-state index in [0.717, 1.165) is 27.5 Å². The third-order valence-electron chi connectivity index (χ3n) is 4.84. The molecule has 132 valence electrons. The van der Waals surface area contributed by atoms with Crippen LogP contribution in [0.15, 0.2) is 45.8 Å². The summed E-state index contributed by atoms with van der Waals surface area (Å²) in [4.78, 5) is 25.8. The highest BCUT2D eigenvalue weighted by molar-refractivity contribution is 9.10. The van der Waals surface area contributed by atoms with E-state index in [-0.39, 0.29) is 17.0 Å². The second-order valence-corrected chi connectivity index (χ2v) is 8.06. The summed E-state index contributed by atoms with van der Waals surface area (Å²) in [5, 5.41) is 4.01. The first-order valence-corrected chi connectivity index (χ1v) is 9.47. The fourth-order valence-electron chi connectivity index (χ4n) is 3.58. The van der Waals surface area contributed by atoms with Crippen molar-refractivity contribution in [2.75, 3.05) is 5.32 Å². The predicted octanol–water partition coefficient (Wildman–Crippen LogP) is 5.10. The molecule has 1 aromatic heterocycles. The van der Waals surface area contributed by atoms with E-state index in [0.29, 0.717) is 16.1 Å². The number of amides is 1. The maximum Gasteiger partial charge on any atom is 0.261 e. The smallest absolute Gasteiger partial charge is 0.261 e. The van der Waals surface area contributed by atoms with Gasteiger partial charge < -0.3 is 9.88 Å². The van der Waals surface area contributed by atoms with Crippen LogP contribution in [0.3, 0.4) is 0 Å². The second-order valence-electron chi connectivity index (χ2n) is 6.71. The number of aryl methyl sites for hydroxylation is 1. The van der Waals surface area contributed by atoms with E-state index in [1.807, 2.05) is 17.6 Å². The van der Waals surface area contributed by atoms with E-state index in [9.17, 15) is 9.59 Å². The Morgan fingerprint density at radius 2 is 2.08 bits per heavy atom. The summed E-state index contributed by atoms with van der Waals surface area (Å²) in [6.45, 7) is 3.95. The summed E-state index contributed by atoms with van der Waals surface area (Å²) < 4.78 is 2.88. The van der Waals surface area contributed by atoms with Crippen LogP contribution in [0.5, 0.6) is 0 Å². The Labute approximate surface area is 163 Å². The standard InChI is InChI=1S/C20H16BrClN2O2/c1-10-5-14(22)3-4-17(10)23-20(26)16-9-24-11(2)6-12-7-13(21)8-15(18(12)24)19(16)25/h3-5,7-9,11H,6H2,1-2H3,(H,23,26)/t11-/m0/s1. The Hall–Kier alpha value is -2.11. The molecule has 1 aliphatic rings. The molecule has 26 heavy (non-hydrogen) atoms. The molecular weight excluding hydrogens is 416 g/mol. The molecule has 2 aromatic carbocycles. The lowest BCUT2D eigenvalue weighted by Gasteiger charge is -2.13. The highest BCUT2D eigenvalue weighted by Gasteiger charge is 2.25. The molecule has 0 saturated heterocycles. The molecule has 0 saturated carbocycles. The third kappa shape index (κ3) is 2.75. The van der Waals surface area contributed by atoms with Gasteiger partial charge in [-0.15, -0.1) is 0 Å². The van der Waals surface area contributed by atoms with Gasteiger partial charge in [0.1, 0.15) is 5.56 Å². The monoisotopic (exact) mass is 430 g/mol. The van der Waals surface area contributed by atoms with Gasteiger partial charge in [-0.2, -0.15) is 0 Å². The van der Waals surface area contributed by atoms with Crippen molar-refractivity contribution in [3.05, 3.63) is 72.9 Å². The number of hydrogen-bond donors (Lipinski definition) is 1. The lowest BCUT2D eigenvalue weighted by molar-refractivity contribution is 0.102. The largest absolute Gasteiger partial charge is 0.343 e. The minimum atomic E-state index is -0.410. The number of halogens is 2. The first-order valence-electron chi connectivity index (χ1n) is 8.30. The van der Waals surface area contributed by atoms with Gasteiger partial charge in [-0.1, -0.05) is 27.5 Å². The summed E-state index contributed by atoms with van der Waals surface area (Å²) in [5.74, 6) is -0.410. The number of benzene rings is 2. The molecule has 0 unspecified atom stereocenters. The number of aromatic nitrogens is 1. The first kappa shape index (κ1) is 17.3. The van der Waals surface area contributed by atoms with Crippen LogP contribution in [0.2, 0.25) is 5.02 Å². The molecule has 0 spiro atoms. The molecule has 0 bridgehead atoms. The number of rotatable bonds is 2. The second kappa shape index (κ2) is 6.25. The van der Waals surface area contributed by atoms with Crippen molar-refractivity contribution in [3.8, 4) is 0 Å². The lowest BCUT2D eigenvalue weighted by Crippen LogP contribution is -2.24. The van der Waals surface area contributed by atoms with Crippen molar-refractivity contribution in [2.24, 2.45) is 0 Å². The van der Waals surface area contributed by atoms with Gasteiger partial charge in [0, 0.05) is 32.8 Å². The summed E-state index contributed by atoms with van der Waals surface area (Å²) in [7, 11) is 0. The Bertz CT molecular complexity index is 1140. The van der Waals surface area contributed by atoms with Gasteiger partial charge in [-0.05, 0) is 61.7 Å². The van der Waals surface area contributed by atoms with Crippen LogP contribution >= 0.6 is 27.5 Å². The lowest BCUT2D eigenvalue weighted by atomic mass is 10.1. The van der Waals surface area contributed by atoms with Gasteiger partial charge in [0.2, 0.25) is 5.43 Å².